The van der Waals surface area contributed by atoms with E-state index in [0.29, 0.717) is 24.7 Å². The SMILES string of the molecule is CC(c1ccc(Cl)cc1)N1CC(CNCc2ccc(Cl)cc2)OC1=O. The molecule has 1 N–H and O–H groups in total. The van der Waals surface area contributed by atoms with Crippen molar-refractivity contribution in [1.82, 2.24) is 10.2 Å². The molecule has 0 spiro atoms. The van der Waals surface area contributed by atoms with E-state index >= 15 is 0 Å². The highest BCUT2D eigenvalue weighted by Crippen LogP contribution is 2.26. The van der Waals surface area contributed by atoms with Gasteiger partial charge in [0.1, 0.15) is 6.10 Å². The number of hydrogen-bond donors (Lipinski definition) is 1. The minimum atomic E-state index is -0.277. The van der Waals surface area contributed by atoms with Crippen LogP contribution in [0.25, 0.3) is 0 Å². The number of halogens is 2. The molecule has 3 rings (SSSR count). The fourth-order valence-corrected chi connectivity index (χ4v) is 3.12. The molecular weight excluding hydrogens is 359 g/mol. The summed E-state index contributed by atoms with van der Waals surface area (Å²) in [6, 6.07) is 15.2. The van der Waals surface area contributed by atoms with Crippen molar-refractivity contribution in [2.45, 2.75) is 25.6 Å². The third-order valence-electron chi connectivity index (χ3n) is 4.34. The molecule has 1 heterocycles. The smallest absolute Gasteiger partial charge is 0.410 e. The Hall–Kier alpha value is -1.75. The van der Waals surface area contributed by atoms with Gasteiger partial charge in [-0.2, -0.15) is 0 Å². The van der Waals surface area contributed by atoms with E-state index in [1.807, 2.05) is 55.5 Å². The third-order valence-corrected chi connectivity index (χ3v) is 4.84. The molecule has 1 aliphatic heterocycles. The van der Waals surface area contributed by atoms with Crippen molar-refractivity contribution >= 4 is 29.3 Å². The number of carbonyl (C=O) groups excluding carboxylic acids is 1. The second kappa shape index (κ2) is 8.09. The van der Waals surface area contributed by atoms with Gasteiger partial charge in [0, 0.05) is 23.1 Å². The van der Waals surface area contributed by atoms with Gasteiger partial charge in [0.05, 0.1) is 12.6 Å². The van der Waals surface area contributed by atoms with Gasteiger partial charge < -0.3 is 10.1 Å². The monoisotopic (exact) mass is 378 g/mol. The summed E-state index contributed by atoms with van der Waals surface area (Å²) in [5.74, 6) is 0. The zero-order valence-electron chi connectivity index (χ0n) is 13.9. The zero-order valence-corrected chi connectivity index (χ0v) is 15.4. The van der Waals surface area contributed by atoms with Crippen molar-refractivity contribution in [3.05, 3.63) is 69.7 Å². The molecule has 0 radical (unpaired) electrons. The molecule has 1 amide bonds. The summed E-state index contributed by atoms with van der Waals surface area (Å²) >= 11 is 11.8. The number of ether oxygens (including phenoxy) is 1. The highest BCUT2D eigenvalue weighted by molar-refractivity contribution is 6.30. The van der Waals surface area contributed by atoms with Crippen LogP contribution in [0.5, 0.6) is 0 Å². The molecule has 1 fully saturated rings. The fraction of sp³-hybridized carbons (Fsp3) is 0.316. The van der Waals surface area contributed by atoms with Crippen LogP contribution in [0.1, 0.15) is 24.1 Å². The maximum atomic E-state index is 12.2. The van der Waals surface area contributed by atoms with Crippen LogP contribution in [0, 0.1) is 0 Å². The lowest BCUT2D eigenvalue weighted by Gasteiger charge is -2.22. The van der Waals surface area contributed by atoms with Crippen LogP contribution in [0.3, 0.4) is 0 Å². The van der Waals surface area contributed by atoms with Crippen molar-refractivity contribution in [2.24, 2.45) is 0 Å². The average Bonchev–Trinajstić information content (AvgIpc) is 2.97. The largest absolute Gasteiger partial charge is 0.443 e. The lowest BCUT2D eigenvalue weighted by Crippen LogP contribution is -2.32. The molecule has 0 aliphatic carbocycles. The Bertz CT molecular complexity index is 719. The van der Waals surface area contributed by atoms with Crippen LogP contribution < -0.4 is 5.32 Å². The maximum Gasteiger partial charge on any atom is 0.410 e. The molecule has 1 saturated heterocycles. The van der Waals surface area contributed by atoms with Crippen LogP contribution in [0.15, 0.2) is 48.5 Å². The molecule has 25 heavy (non-hydrogen) atoms. The Kier molecular flexibility index (Phi) is 5.84. The van der Waals surface area contributed by atoms with E-state index in [9.17, 15) is 4.79 Å². The highest BCUT2D eigenvalue weighted by Gasteiger charge is 2.34. The summed E-state index contributed by atoms with van der Waals surface area (Å²) in [5.41, 5.74) is 2.18. The van der Waals surface area contributed by atoms with Crippen molar-refractivity contribution in [3.63, 3.8) is 0 Å². The highest BCUT2D eigenvalue weighted by atomic mass is 35.5. The molecule has 6 heteroatoms. The van der Waals surface area contributed by atoms with Crippen LogP contribution in [-0.4, -0.2) is 30.2 Å². The first-order chi connectivity index (χ1) is 12.0. The van der Waals surface area contributed by atoms with Gasteiger partial charge in [-0.3, -0.25) is 4.90 Å². The van der Waals surface area contributed by atoms with Gasteiger partial charge in [0.25, 0.3) is 0 Å². The minimum absolute atomic E-state index is 0.0500. The molecule has 2 aromatic carbocycles. The standard InChI is InChI=1S/C19H20Cl2N2O2/c1-13(15-4-8-17(21)9-5-15)23-12-18(25-19(23)24)11-22-10-14-2-6-16(20)7-3-14/h2-9,13,18,22H,10-12H2,1H3. The lowest BCUT2D eigenvalue weighted by molar-refractivity contribution is 0.128. The van der Waals surface area contributed by atoms with E-state index in [1.165, 1.54) is 0 Å². The molecule has 4 nitrogen and oxygen atoms in total. The number of cyclic esters (lactones) is 1. The first-order valence-corrected chi connectivity index (χ1v) is 8.96. The van der Waals surface area contributed by atoms with Gasteiger partial charge in [-0.1, -0.05) is 47.5 Å². The van der Waals surface area contributed by atoms with Gasteiger partial charge in [0.2, 0.25) is 0 Å². The van der Waals surface area contributed by atoms with Gasteiger partial charge >= 0.3 is 6.09 Å². The van der Waals surface area contributed by atoms with Crippen LogP contribution in [0.4, 0.5) is 4.79 Å². The molecule has 0 bridgehead atoms. The zero-order chi connectivity index (χ0) is 17.8. The number of carbonyl (C=O) groups is 1. The van der Waals surface area contributed by atoms with Crippen molar-refractivity contribution in [3.8, 4) is 0 Å². The van der Waals surface area contributed by atoms with Crippen molar-refractivity contribution in [1.29, 1.82) is 0 Å². The number of benzene rings is 2. The number of nitrogens with zero attached hydrogens (tertiary/aromatic N) is 1. The Morgan fingerprint density at radius 3 is 2.36 bits per heavy atom. The van der Waals surface area contributed by atoms with E-state index in [2.05, 4.69) is 5.32 Å². The first kappa shape index (κ1) is 18.1. The molecule has 132 valence electrons. The molecule has 0 aromatic heterocycles. The molecule has 2 aromatic rings. The summed E-state index contributed by atoms with van der Waals surface area (Å²) in [6.45, 7) is 3.88. The van der Waals surface area contributed by atoms with E-state index in [4.69, 9.17) is 27.9 Å². The molecule has 2 atom stereocenters. The fourth-order valence-electron chi connectivity index (χ4n) is 2.86. The van der Waals surface area contributed by atoms with Gasteiger partial charge in [-0.25, -0.2) is 4.79 Å². The molecular formula is C19H20Cl2N2O2. The van der Waals surface area contributed by atoms with Gasteiger partial charge in [0.15, 0.2) is 0 Å². The quantitative estimate of drug-likeness (QED) is 0.794. The summed E-state index contributed by atoms with van der Waals surface area (Å²) in [4.78, 5) is 13.9. The third kappa shape index (κ3) is 4.66. The van der Waals surface area contributed by atoms with E-state index in [0.717, 1.165) is 16.1 Å². The van der Waals surface area contributed by atoms with Crippen LogP contribution >= 0.6 is 23.2 Å². The Labute approximate surface area is 157 Å². The Balaban J connectivity index is 1.51. The second-order valence-electron chi connectivity index (χ2n) is 6.14. The molecule has 2 unspecified atom stereocenters. The minimum Gasteiger partial charge on any atom is -0.443 e. The van der Waals surface area contributed by atoms with Crippen LogP contribution in [0.2, 0.25) is 10.0 Å². The van der Waals surface area contributed by atoms with E-state index in [1.54, 1.807) is 4.90 Å². The maximum absolute atomic E-state index is 12.2. The predicted octanol–water partition coefficient (Wildman–Crippen LogP) is 4.67. The molecule has 0 saturated carbocycles. The topological polar surface area (TPSA) is 41.6 Å². The number of rotatable bonds is 6. The summed E-state index contributed by atoms with van der Waals surface area (Å²) < 4.78 is 5.47. The van der Waals surface area contributed by atoms with Gasteiger partial charge in [-0.05, 0) is 42.3 Å². The number of amides is 1. The summed E-state index contributed by atoms with van der Waals surface area (Å²) in [5, 5.41) is 4.73. The predicted molar refractivity (Wildman–Crippen MR) is 100 cm³/mol. The first-order valence-electron chi connectivity index (χ1n) is 8.21. The second-order valence-corrected chi connectivity index (χ2v) is 7.02. The van der Waals surface area contributed by atoms with Crippen molar-refractivity contribution in [2.75, 3.05) is 13.1 Å². The summed E-state index contributed by atoms with van der Waals surface area (Å²) in [7, 11) is 0. The lowest BCUT2D eigenvalue weighted by atomic mass is 10.1. The molecule has 1 aliphatic rings. The Morgan fingerprint density at radius 1 is 1.12 bits per heavy atom. The Morgan fingerprint density at radius 2 is 1.72 bits per heavy atom. The number of hydrogen-bond acceptors (Lipinski definition) is 3. The van der Waals surface area contributed by atoms with Crippen LogP contribution in [-0.2, 0) is 11.3 Å². The van der Waals surface area contributed by atoms with Crippen molar-refractivity contribution < 1.29 is 9.53 Å². The average molecular weight is 379 g/mol. The normalized spacial score (nSPS) is 18.3. The number of nitrogens with one attached hydrogen (secondary N) is 1. The van der Waals surface area contributed by atoms with E-state index < -0.39 is 0 Å². The van der Waals surface area contributed by atoms with Gasteiger partial charge in [-0.15, -0.1) is 0 Å². The van der Waals surface area contributed by atoms with E-state index in [-0.39, 0.29) is 18.2 Å². The summed E-state index contributed by atoms with van der Waals surface area (Å²) in [6.07, 6.45) is -0.435.